The fraction of sp³-hybridized carbons (Fsp3) is 0.235. The van der Waals surface area contributed by atoms with E-state index in [-0.39, 0.29) is 11.7 Å². The van der Waals surface area contributed by atoms with Gasteiger partial charge in [-0.1, -0.05) is 49.4 Å². The van der Waals surface area contributed by atoms with Crippen LogP contribution in [0.3, 0.4) is 0 Å². The highest BCUT2D eigenvalue weighted by Gasteiger charge is 2.13. The second kappa shape index (κ2) is 6.15. The van der Waals surface area contributed by atoms with E-state index in [0.29, 0.717) is 12.0 Å². The van der Waals surface area contributed by atoms with E-state index in [1.54, 1.807) is 18.2 Å². The summed E-state index contributed by atoms with van der Waals surface area (Å²) in [6.07, 6.45) is 1.39. The van der Waals surface area contributed by atoms with E-state index in [0.717, 1.165) is 12.0 Å². The predicted molar refractivity (Wildman–Crippen MR) is 74.3 cm³/mol. The quantitative estimate of drug-likeness (QED) is 0.799. The van der Waals surface area contributed by atoms with Gasteiger partial charge >= 0.3 is 0 Å². The summed E-state index contributed by atoms with van der Waals surface area (Å²) in [5.41, 5.74) is 2.78. The third-order valence-corrected chi connectivity index (χ3v) is 3.33. The average molecular weight is 253 g/mol. The maximum absolute atomic E-state index is 13.6. The summed E-state index contributed by atoms with van der Waals surface area (Å²) >= 11 is 0. The molecule has 0 aliphatic heterocycles. The topological polar surface area (TPSA) is 23.8 Å². The molecule has 0 aromatic heterocycles. The first kappa shape index (κ1) is 13.3. The number of hydrogen-bond acceptors (Lipinski definition) is 1. The molecule has 0 saturated heterocycles. The number of benzene rings is 2. The van der Waals surface area contributed by atoms with Crippen molar-refractivity contribution >= 4 is 0 Å². The van der Waals surface area contributed by atoms with Gasteiger partial charge in [0.15, 0.2) is 0 Å². The summed E-state index contributed by atoms with van der Waals surface area (Å²) in [6.45, 7) is 2.09. The van der Waals surface area contributed by atoms with Crippen LogP contribution in [0.2, 0.25) is 0 Å². The van der Waals surface area contributed by atoms with Gasteiger partial charge in [0, 0.05) is 0 Å². The Hall–Kier alpha value is -2.14. The van der Waals surface area contributed by atoms with Crippen molar-refractivity contribution in [2.24, 2.45) is 0 Å². The lowest BCUT2D eigenvalue weighted by molar-refractivity contribution is 0.604. The zero-order valence-electron chi connectivity index (χ0n) is 10.9. The molecule has 0 aliphatic rings. The molecule has 0 amide bonds. The number of nitriles is 1. The molecule has 0 fully saturated rings. The first-order valence-corrected chi connectivity index (χ1v) is 6.46. The van der Waals surface area contributed by atoms with Crippen molar-refractivity contribution in [3.05, 3.63) is 71.0 Å². The van der Waals surface area contributed by atoms with Crippen LogP contribution in [0, 0.1) is 17.1 Å². The van der Waals surface area contributed by atoms with Crippen LogP contribution in [-0.2, 0) is 12.8 Å². The predicted octanol–water partition coefficient (Wildman–Crippen LogP) is 4.24. The van der Waals surface area contributed by atoms with E-state index < -0.39 is 0 Å². The van der Waals surface area contributed by atoms with Crippen LogP contribution in [0.25, 0.3) is 0 Å². The molecule has 0 saturated carbocycles. The molecule has 0 N–H and O–H groups in total. The zero-order chi connectivity index (χ0) is 13.7. The molecular formula is C17H16FN. The lowest BCUT2D eigenvalue weighted by Crippen LogP contribution is -2.02. The van der Waals surface area contributed by atoms with Crippen molar-refractivity contribution in [2.75, 3.05) is 0 Å². The molecule has 0 radical (unpaired) electrons. The van der Waals surface area contributed by atoms with Gasteiger partial charge in [0.25, 0.3) is 0 Å². The molecule has 1 atom stereocenters. The number of rotatable bonds is 4. The molecule has 0 bridgehead atoms. The molecule has 0 aliphatic carbocycles. The largest absolute Gasteiger partial charge is 0.207 e. The summed E-state index contributed by atoms with van der Waals surface area (Å²) in [5, 5.41) is 9.29. The molecule has 19 heavy (non-hydrogen) atoms. The number of aryl methyl sites for hydroxylation is 1. The summed E-state index contributed by atoms with van der Waals surface area (Å²) in [6, 6.07) is 16.9. The summed E-state index contributed by atoms with van der Waals surface area (Å²) in [4.78, 5) is 0. The van der Waals surface area contributed by atoms with Crippen molar-refractivity contribution in [3.8, 4) is 6.07 Å². The SMILES string of the molecule is CCc1ccc(C(C#N)Cc2ccccc2F)cc1. The highest BCUT2D eigenvalue weighted by molar-refractivity contribution is 5.31. The first-order chi connectivity index (χ1) is 9.24. The fourth-order valence-electron chi connectivity index (χ4n) is 2.11. The minimum Gasteiger partial charge on any atom is -0.207 e. The monoisotopic (exact) mass is 253 g/mol. The van der Waals surface area contributed by atoms with E-state index in [9.17, 15) is 9.65 Å². The van der Waals surface area contributed by atoms with E-state index in [2.05, 4.69) is 13.0 Å². The van der Waals surface area contributed by atoms with Crippen LogP contribution in [-0.4, -0.2) is 0 Å². The van der Waals surface area contributed by atoms with Crippen molar-refractivity contribution in [2.45, 2.75) is 25.7 Å². The van der Waals surface area contributed by atoms with Gasteiger partial charge in [-0.2, -0.15) is 5.26 Å². The molecular weight excluding hydrogens is 237 g/mol. The molecule has 0 spiro atoms. The second-order valence-electron chi connectivity index (χ2n) is 4.57. The Morgan fingerprint density at radius 3 is 2.37 bits per heavy atom. The minimum absolute atomic E-state index is 0.243. The number of hydrogen-bond donors (Lipinski definition) is 0. The number of halogens is 1. The highest BCUT2D eigenvalue weighted by Crippen LogP contribution is 2.22. The molecule has 2 rings (SSSR count). The van der Waals surface area contributed by atoms with Crippen LogP contribution < -0.4 is 0 Å². The van der Waals surface area contributed by atoms with Crippen LogP contribution in [0.1, 0.15) is 29.5 Å². The summed E-state index contributed by atoms with van der Waals surface area (Å²) < 4.78 is 13.6. The van der Waals surface area contributed by atoms with E-state index >= 15 is 0 Å². The maximum Gasteiger partial charge on any atom is 0.126 e. The molecule has 2 heteroatoms. The fourth-order valence-corrected chi connectivity index (χ4v) is 2.11. The van der Waals surface area contributed by atoms with Gasteiger partial charge in [-0.25, -0.2) is 4.39 Å². The van der Waals surface area contributed by atoms with E-state index in [1.165, 1.54) is 11.6 Å². The van der Waals surface area contributed by atoms with Gasteiger partial charge in [0.1, 0.15) is 5.82 Å². The average Bonchev–Trinajstić information content (AvgIpc) is 2.47. The van der Waals surface area contributed by atoms with Gasteiger partial charge in [-0.05, 0) is 35.6 Å². The normalized spacial score (nSPS) is 11.8. The lowest BCUT2D eigenvalue weighted by Gasteiger charge is -2.11. The highest BCUT2D eigenvalue weighted by atomic mass is 19.1. The Morgan fingerprint density at radius 2 is 1.79 bits per heavy atom. The third kappa shape index (κ3) is 3.20. The second-order valence-corrected chi connectivity index (χ2v) is 4.57. The smallest absolute Gasteiger partial charge is 0.126 e. The molecule has 96 valence electrons. The van der Waals surface area contributed by atoms with Gasteiger partial charge in [-0.15, -0.1) is 0 Å². The van der Waals surface area contributed by atoms with E-state index in [4.69, 9.17) is 0 Å². The molecule has 0 heterocycles. The van der Waals surface area contributed by atoms with Gasteiger partial charge in [0.05, 0.1) is 12.0 Å². The van der Waals surface area contributed by atoms with Crippen molar-refractivity contribution < 1.29 is 4.39 Å². The van der Waals surface area contributed by atoms with Crippen molar-refractivity contribution in [3.63, 3.8) is 0 Å². The van der Waals surface area contributed by atoms with Crippen LogP contribution in [0.4, 0.5) is 4.39 Å². The van der Waals surface area contributed by atoms with Crippen LogP contribution in [0.5, 0.6) is 0 Å². The van der Waals surface area contributed by atoms with Gasteiger partial charge in [0.2, 0.25) is 0 Å². The summed E-state index contributed by atoms with van der Waals surface area (Å²) in [7, 11) is 0. The van der Waals surface area contributed by atoms with E-state index in [1.807, 2.05) is 24.3 Å². The third-order valence-electron chi connectivity index (χ3n) is 3.33. The Bertz CT molecular complexity index is 581. The Morgan fingerprint density at radius 1 is 1.11 bits per heavy atom. The Balaban J connectivity index is 2.21. The van der Waals surface area contributed by atoms with Gasteiger partial charge < -0.3 is 0 Å². The minimum atomic E-state index is -0.303. The van der Waals surface area contributed by atoms with Crippen molar-refractivity contribution in [1.29, 1.82) is 5.26 Å². The first-order valence-electron chi connectivity index (χ1n) is 6.46. The molecule has 1 nitrogen and oxygen atoms in total. The summed E-state index contributed by atoms with van der Waals surface area (Å²) in [5.74, 6) is -0.546. The van der Waals surface area contributed by atoms with Crippen LogP contribution in [0.15, 0.2) is 48.5 Å². The zero-order valence-corrected chi connectivity index (χ0v) is 10.9. The maximum atomic E-state index is 13.6. The van der Waals surface area contributed by atoms with Crippen LogP contribution >= 0.6 is 0 Å². The molecule has 2 aromatic carbocycles. The molecule has 2 aromatic rings. The Kier molecular flexibility index (Phi) is 4.30. The van der Waals surface area contributed by atoms with Gasteiger partial charge in [-0.3, -0.25) is 0 Å². The molecule has 1 unspecified atom stereocenters. The lowest BCUT2D eigenvalue weighted by atomic mass is 9.92. The van der Waals surface area contributed by atoms with Crippen molar-refractivity contribution in [1.82, 2.24) is 0 Å². The Labute approximate surface area is 113 Å². The standard InChI is InChI=1S/C17H16FN/c1-2-13-7-9-14(10-8-13)16(12-19)11-15-5-3-4-6-17(15)18/h3-10,16H,2,11H2,1H3. The number of nitrogens with zero attached hydrogens (tertiary/aromatic N) is 1.